The van der Waals surface area contributed by atoms with Crippen LogP contribution in [-0.2, 0) is 4.74 Å². The zero-order valence-electron chi connectivity index (χ0n) is 9.38. The van der Waals surface area contributed by atoms with Crippen LogP contribution < -0.4 is 5.73 Å². The van der Waals surface area contributed by atoms with Crippen molar-refractivity contribution in [2.45, 2.75) is 52.5 Å². The second kappa shape index (κ2) is 8.52. The molecule has 80 valence electrons. The molecule has 2 nitrogen and oxygen atoms in total. The number of nitrogens with two attached hydrogens (primary N) is 1. The number of unbranched alkanes of at least 4 members (excludes halogenated alkanes) is 1. The van der Waals surface area contributed by atoms with Gasteiger partial charge in [0.25, 0.3) is 0 Å². The van der Waals surface area contributed by atoms with E-state index in [4.69, 9.17) is 10.5 Å². The Morgan fingerprint density at radius 2 is 1.69 bits per heavy atom. The first-order valence-corrected chi connectivity index (χ1v) is 5.46. The third kappa shape index (κ3) is 11.9. The fourth-order valence-electron chi connectivity index (χ4n) is 1.09. The molecule has 2 heteroatoms. The third-order valence-electron chi connectivity index (χ3n) is 2.04. The maximum Gasteiger partial charge on any atom is 0.0468 e. The summed E-state index contributed by atoms with van der Waals surface area (Å²) in [6.45, 7) is 8.31. The standard InChI is InChI=1S/C11H25NO/c1-10(2)7-9-13-8-5-4-6-11(3)12/h10-11H,4-9,12H2,1-3H3. The Bertz CT molecular complexity index is 90.3. The van der Waals surface area contributed by atoms with Gasteiger partial charge in [-0.2, -0.15) is 0 Å². The quantitative estimate of drug-likeness (QED) is 0.593. The highest BCUT2D eigenvalue weighted by atomic mass is 16.5. The molecule has 0 aromatic rings. The van der Waals surface area contributed by atoms with E-state index >= 15 is 0 Å². The monoisotopic (exact) mass is 187 g/mol. The second-order valence-electron chi connectivity index (χ2n) is 4.27. The lowest BCUT2D eigenvalue weighted by Gasteiger charge is -2.07. The molecule has 0 bridgehead atoms. The molecule has 0 aliphatic carbocycles. The van der Waals surface area contributed by atoms with Crippen molar-refractivity contribution in [2.24, 2.45) is 11.7 Å². The minimum atomic E-state index is 0.343. The number of hydrogen-bond acceptors (Lipinski definition) is 2. The van der Waals surface area contributed by atoms with E-state index in [-0.39, 0.29) is 0 Å². The Labute approximate surface area is 82.8 Å². The van der Waals surface area contributed by atoms with E-state index < -0.39 is 0 Å². The Morgan fingerprint density at radius 1 is 1.00 bits per heavy atom. The highest BCUT2D eigenvalue weighted by Gasteiger charge is 1.95. The van der Waals surface area contributed by atoms with E-state index in [1.165, 1.54) is 12.8 Å². The van der Waals surface area contributed by atoms with Crippen molar-refractivity contribution in [3.8, 4) is 0 Å². The molecule has 0 fully saturated rings. The molecule has 0 radical (unpaired) electrons. The molecule has 0 aromatic heterocycles. The van der Waals surface area contributed by atoms with Gasteiger partial charge in [-0.25, -0.2) is 0 Å². The fraction of sp³-hybridized carbons (Fsp3) is 1.00. The molecule has 0 aliphatic heterocycles. The summed E-state index contributed by atoms with van der Waals surface area (Å²) in [6.07, 6.45) is 4.64. The van der Waals surface area contributed by atoms with Crippen LogP contribution in [0.5, 0.6) is 0 Å². The first-order chi connectivity index (χ1) is 6.13. The van der Waals surface area contributed by atoms with Crippen LogP contribution in [0.4, 0.5) is 0 Å². The van der Waals surface area contributed by atoms with Crippen LogP contribution in [0.3, 0.4) is 0 Å². The van der Waals surface area contributed by atoms with Crippen LogP contribution in [0.2, 0.25) is 0 Å². The highest BCUT2D eigenvalue weighted by molar-refractivity contribution is 4.52. The number of hydrogen-bond donors (Lipinski definition) is 1. The van der Waals surface area contributed by atoms with E-state index in [1.54, 1.807) is 0 Å². The first kappa shape index (κ1) is 12.9. The van der Waals surface area contributed by atoms with E-state index in [0.29, 0.717) is 6.04 Å². The van der Waals surface area contributed by atoms with E-state index in [1.807, 2.05) is 0 Å². The van der Waals surface area contributed by atoms with Crippen LogP contribution in [0.15, 0.2) is 0 Å². The summed E-state index contributed by atoms with van der Waals surface area (Å²) in [6, 6.07) is 0.343. The lowest BCUT2D eigenvalue weighted by Crippen LogP contribution is -2.14. The predicted molar refractivity (Wildman–Crippen MR) is 57.8 cm³/mol. The lowest BCUT2D eigenvalue weighted by molar-refractivity contribution is 0.119. The molecular formula is C11H25NO. The smallest absolute Gasteiger partial charge is 0.0468 e. The van der Waals surface area contributed by atoms with Crippen molar-refractivity contribution in [1.82, 2.24) is 0 Å². The summed E-state index contributed by atoms with van der Waals surface area (Å²) in [5.41, 5.74) is 5.63. The summed E-state index contributed by atoms with van der Waals surface area (Å²) in [5.74, 6) is 0.754. The molecule has 0 spiro atoms. The van der Waals surface area contributed by atoms with Crippen molar-refractivity contribution >= 4 is 0 Å². The van der Waals surface area contributed by atoms with Crippen molar-refractivity contribution in [2.75, 3.05) is 13.2 Å². The van der Waals surface area contributed by atoms with Crippen LogP contribution in [0.25, 0.3) is 0 Å². The Morgan fingerprint density at radius 3 is 2.23 bits per heavy atom. The van der Waals surface area contributed by atoms with Gasteiger partial charge in [0.2, 0.25) is 0 Å². The summed E-state index contributed by atoms with van der Waals surface area (Å²) in [5, 5.41) is 0. The van der Waals surface area contributed by atoms with Gasteiger partial charge in [0, 0.05) is 19.3 Å². The second-order valence-corrected chi connectivity index (χ2v) is 4.27. The van der Waals surface area contributed by atoms with Crippen molar-refractivity contribution in [1.29, 1.82) is 0 Å². The largest absolute Gasteiger partial charge is 0.381 e. The zero-order chi connectivity index (χ0) is 10.1. The Balaban J connectivity index is 2.92. The average molecular weight is 187 g/mol. The van der Waals surface area contributed by atoms with Gasteiger partial charge in [0.15, 0.2) is 0 Å². The van der Waals surface area contributed by atoms with Gasteiger partial charge in [0.05, 0.1) is 0 Å². The lowest BCUT2D eigenvalue weighted by atomic mass is 10.1. The molecule has 0 amide bonds. The van der Waals surface area contributed by atoms with Crippen LogP contribution >= 0.6 is 0 Å². The molecular weight excluding hydrogens is 162 g/mol. The molecule has 0 heterocycles. The average Bonchev–Trinajstić information content (AvgIpc) is 2.01. The van der Waals surface area contributed by atoms with Crippen molar-refractivity contribution in [3.05, 3.63) is 0 Å². The van der Waals surface area contributed by atoms with Gasteiger partial charge in [-0.1, -0.05) is 13.8 Å². The maximum absolute atomic E-state index is 5.63. The molecule has 1 unspecified atom stereocenters. The van der Waals surface area contributed by atoms with Gasteiger partial charge in [-0.15, -0.1) is 0 Å². The van der Waals surface area contributed by atoms with Gasteiger partial charge in [-0.05, 0) is 38.5 Å². The molecule has 0 saturated heterocycles. The molecule has 13 heavy (non-hydrogen) atoms. The minimum Gasteiger partial charge on any atom is -0.381 e. The van der Waals surface area contributed by atoms with Crippen LogP contribution in [0.1, 0.15) is 46.5 Å². The van der Waals surface area contributed by atoms with E-state index in [9.17, 15) is 0 Å². The summed E-state index contributed by atoms with van der Waals surface area (Å²) >= 11 is 0. The summed E-state index contributed by atoms with van der Waals surface area (Å²) < 4.78 is 5.49. The molecule has 0 saturated carbocycles. The molecule has 0 aromatic carbocycles. The highest BCUT2D eigenvalue weighted by Crippen LogP contribution is 2.01. The van der Waals surface area contributed by atoms with E-state index in [2.05, 4.69) is 20.8 Å². The van der Waals surface area contributed by atoms with Gasteiger partial charge < -0.3 is 10.5 Å². The number of rotatable bonds is 8. The predicted octanol–water partition coefficient (Wildman–Crippen LogP) is 2.57. The molecule has 1 atom stereocenters. The normalized spacial score (nSPS) is 13.6. The van der Waals surface area contributed by atoms with Gasteiger partial charge >= 0.3 is 0 Å². The molecule has 0 rings (SSSR count). The van der Waals surface area contributed by atoms with Crippen LogP contribution in [-0.4, -0.2) is 19.3 Å². The van der Waals surface area contributed by atoms with Gasteiger partial charge in [0.1, 0.15) is 0 Å². The van der Waals surface area contributed by atoms with Crippen molar-refractivity contribution in [3.63, 3.8) is 0 Å². The third-order valence-corrected chi connectivity index (χ3v) is 2.04. The first-order valence-electron chi connectivity index (χ1n) is 5.46. The zero-order valence-corrected chi connectivity index (χ0v) is 9.38. The summed E-state index contributed by atoms with van der Waals surface area (Å²) in [4.78, 5) is 0. The number of ether oxygens (including phenoxy) is 1. The topological polar surface area (TPSA) is 35.2 Å². The van der Waals surface area contributed by atoms with Crippen molar-refractivity contribution < 1.29 is 4.74 Å². The van der Waals surface area contributed by atoms with Crippen LogP contribution in [0, 0.1) is 5.92 Å². The van der Waals surface area contributed by atoms with E-state index in [0.717, 1.165) is 32.0 Å². The summed E-state index contributed by atoms with van der Waals surface area (Å²) in [7, 11) is 0. The fourth-order valence-corrected chi connectivity index (χ4v) is 1.09. The maximum atomic E-state index is 5.63. The SMILES string of the molecule is CC(C)CCOCCCCC(C)N. The van der Waals surface area contributed by atoms with Gasteiger partial charge in [-0.3, -0.25) is 0 Å². The Hall–Kier alpha value is -0.0800. The minimum absolute atomic E-state index is 0.343. The Kier molecular flexibility index (Phi) is 8.46. The molecule has 0 aliphatic rings. The molecule has 2 N–H and O–H groups in total.